The van der Waals surface area contributed by atoms with E-state index in [1.54, 1.807) is 21.3 Å². The van der Waals surface area contributed by atoms with Crippen molar-refractivity contribution in [2.75, 3.05) is 21.3 Å². The molecule has 0 N–H and O–H groups in total. The molecule has 92 valence electrons. The van der Waals surface area contributed by atoms with Gasteiger partial charge in [0.1, 0.15) is 0 Å². The molecule has 0 bridgehead atoms. The van der Waals surface area contributed by atoms with Crippen LogP contribution in [0.4, 0.5) is 0 Å². The maximum absolute atomic E-state index is 5.53. The zero-order valence-corrected chi connectivity index (χ0v) is 11.0. The van der Waals surface area contributed by atoms with Gasteiger partial charge >= 0.3 is 0 Å². The van der Waals surface area contributed by atoms with Crippen LogP contribution in [0.3, 0.4) is 0 Å². The SMILES string of the molecule is C#CC(C)(C)c1cc(OC)c(OC)c(OC)c1. The lowest BCUT2D eigenvalue weighted by molar-refractivity contribution is 0.323. The summed E-state index contributed by atoms with van der Waals surface area (Å²) in [5.74, 6) is 4.55. The molecule has 0 fully saturated rings. The van der Waals surface area contributed by atoms with E-state index in [1.165, 1.54) is 0 Å². The zero-order valence-electron chi connectivity index (χ0n) is 11.0. The highest BCUT2D eigenvalue weighted by Gasteiger charge is 2.22. The average Bonchev–Trinajstić information content (AvgIpc) is 2.36. The fourth-order valence-electron chi connectivity index (χ4n) is 1.53. The molecular weight excluding hydrogens is 216 g/mol. The van der Waals surface area contributed by atoms with E-state index >= 15 is 0 Å². The van der Waals surface area contributed by atoms with Crippen molar-refractivity contribution >= 4 is 0 Å². The monoisotopic (exact) mass is 234 g/mol. The summed E-state index contributed by atoms with van der Waals surface area (Å²) < 4.78 is 15.8. The van der Waals surface area contributed by atoms with Crippen molar-refractivity contribution in [2.24, 2.45) is 0 Å². The number of hydrogen-bond donors (Lipinski definition) is 0. The van der Waals surface area contributed by atoms with Gasteiger partial charge in [-0.3, -0.25) is 0 Å². The van der Waals surface area contributed by atoms with Crippen LogP contribution < -0.4 is 14.2 Å². The van der Waals surface area contributed by atoms with Crippen molar-refractivity contribution in [3.63, 3.8) is 0 Å². The van der Waals surface area contributed by atoms with Crippen molar-refractivity contribution in [1.82, 2.24) is 0 Å². The Kier molecular flexibility index (Phi) is 3.90. The van der Waals surface area contributed by atoms with E-state index in [-0.39, 0.29) is 5.41 Å². The van der Waals surface area contributed by atoms with Crippen LogP contribution in [0.2, 0.25) is 0 Å². The normalized spacial score (nSPS) is 10.6. The minimum atomic E-state index is -0.382. The molecule has 0 amide bonds. The second-order valence-corrected chi connectivity index (χ2v) is 4.18. The van der Waals surface area contributed by atoms with Crippen LogP contribution in [-0.4, -0.2) is 21.3 Å². The van der Waals surface area contributed by atoms with Gasteiger partial charge in [-0.25, -0.2) is 0 Å². The van der Waals surface area contributed by atoms with Crippen molar-refractivity contribution < 1.29 is 14.2 Å². The molecule has 0 aromatic heterocycles. The van der Waals surface area contributed by atoms with Gasteiger partial charge in [0.25, 0.3) is 0 Å². The first-order valence-electron chi connectivity index (χ1n) is 5.28. The van der Waals surface area contributed by atoms with Crippen LogP contribution in [0, 0.1) is 12.3 Å². The summed E-state index contributed by atoms with van der Waals surface area (Å²) in [6, 6.07) is 3.75. The first kappa shape index (κ1) is 13.2. The summed E-state index contributed by atoms with van der Waals surface area (Å²) >= 11 is 0. The van der Waals surface area contributed by atoms with E-state index in [2.05, 4.69) is 5.92 Å². The number of ether oxygens (including phenoxy) is 3. The Bertz CT molecular complexity index is 416. The number of hydrogen-bond acceptors (Lipinski definition) is 3. The Morgan fingerprint density at radius 1 is 1.00 bits per heavy atom. The van der Waals surface area contributed by atoms with Crippen LogP contribution in [0.1, 0.15) is 19.4 Å². The molecule has 0 aliphatic carbocycles. The van der Waals surface area contributed by atoms with E-state index in [0.29, 0.717) is 17.2 Å². The Morgan fingerprint density at radius 2 is 1.47 bits per heavy atom. The van der Waals surface area contributed by atoms with Crippen molar-refractivity contribution in [3.8, 4) is 29.6 Å². The quantitative estimate of drug-likeness (QED) is 0.749. The molecular formula is C14H18O3. The lowest BCUT2D eigenvalue weighted by Gasteiger charge is -2.21. The lowest BCUT2D eigenvalue weighted by atomic mass is 9.85. The average molecular weight is 234 g/mol. The summed E-state index contributed by atoms with van der Waals surface area (Å²) in [7, 11) is 4.75. The number of terminal acetylenes is 1. The molecule has 0 unspecified atom stereocenters. The van der Waals surface area contributed by atoms with Crippen molar-refractivity contribution in [2.45, 2.75) is 19.3 Å². The van der Waals surface area contributed by atoms with Gasteiger partial charge in [-0.15, -0.1) is 6.42 Å². The third-order valence-electron chi connectivity index (χ3n) is 2.75. The minimum Gasteiger partial charge on any atom is -0.493 e. The largest absolute Gasteiger partial charge is 0.493 e. The lowest BCUT2D eigenvalue weighted by Crippen LogP contribution is -2.14. The second-order valence-electron chi connectivity index (χ2n) is 4.18. The third-order valence-corrected chi connectivity index (χ3v) is 2.75. The van der Waals surface area contributed by atoms with Gasteiger partial charge < -0.3 is 14.2 Å². The maximum Gasteiger partial charge on any atom is 0.203 e. The molecule has 17 heavy (non-hydrogen) atoms. The number of rotatable bonds is 4. The summed E-state index contributed by atoms with van der Waals surface area (Å²) in [4.78, 5) is 0. The molecule has 0 heterocycles. The number of methoxy groups -OCH3 is 3. The molecule has 0 spiro atoms. The molecule has 0 saturated heterocycles. The second kappa shape index (κ2) is 5.01. The highest BCUT2D eigenvalue weighted by molar-refractivity contribution is 5.56. The third kappa shape index (κ3) is 2.47. The molecule has 3 nitrogen and oxygen atoms in total. The summed E-state index contributed by atoms with van der Waals surface area (Å²) in [6.45, 7) is 3.93. The molecule has 1 aromatic rings. The fraction of sp³-hybridized carbons (Fsp3) is 0.429. The molecule has 0 saturated carbocycles. The van der Waals surface area contributed by atoms with Crippen LogP contribution in [0.15, 0.2) is 12.1 Å². The number of benzene rings is 1. The first-order chi connectivity index (χ1) is 8.00. The standard InChI is InChI=1S/C14H18O3/c1-7-14(2,3)10-8-11(15-4)13(17-6)12(9-10)16-5/h1,8-9H,2-6H3. The fourth-order valence-corrected chi connectivity index (χ4v) is 1.53. The summed E-state index contributed by atoms with van der Waals surface area (Å²) in [6.07, 6.45) is 5.53. The van der Waals surface area contributed by atoms with Gasteiger partial charge in [0.05, 0.1) is 26.7 Å². The predicted molar refractivity (Wildman–Crippen MR) is 68.0 cm³/mol. The zero-order chi connectivity index (χ0) is 13.1. The van der Waals surface area contributed by atoms with Crippen LogP contribution in [0.25, 0.3) is 0 Å². The van der Waals surface area contributed by atoms with Gasteiger partial charge in [0, 0.05) is 0 Å². The Balaban J connectivity index is 3.44. The predicted octanol–water partition coefficient (Wildman–Crippen LogP) is 2.62. The topological polar surface area (TPSA) is 27.7 Å². The van der Waals surface area contributed by atoms with Gasteiger partial charge in [-0.2, -0.15) is 0 Å². The smallest absolute Gasteiger partial charge is 0.203 e. The van der Waals surface area contributed by atoms with Crippen LogP contribution in [0.5, 0.6) is 17.2 Å². The van der Waals surface area contributed by atoms with Gasteiger partial charge in [-0.05, 0) is 31.5 Å². The summed E-state index contributed by atoms with van der Waals surface area (Å²) in [5, 5.41) is 0. The van der Waals surface area contributed by atoms with Gasteiger partial charge in [-0.1, -0.05) is 5.92 Å². The van der Waals surface area contributed by atoms with Gasteiger partial charge in [0.15, 0.2) is 11.5 Å². The molecule has 0 aliphatic rings. The van der Waals surface area contributed by atoms with E-state index < -0.39 is 0 Å². The highest BCUT2D eigenvalue weighted by atomic mass is 16.5. The molecule has 3 heteroatoms. The Hall–Kier alpha value is -1.82. The van der Waals surface area contributed by atoms with E-state index in [9.17, 15) is 0 Å². The highest BCUT2D eigenvalue weighted by Crippen LogP contribution is 2.41. The van der Waals surface area contributed by atoms with Crippen molar-refractivity contribution in [3.05, 3.63) is 17.7 Å². The molecule has 0 aliphatic heterocycles. The van der Waals surface area contributed by atoms with Crippen LogP contribution in [-0.2, 0) is 5.41 Å². The summed E-state index contributed by atoms with van der Waals surface area (Å²) in [5.41, 5.74) is 0.571. The van der Waals surface area contributed by atoms with Crippen molar-refractivity contribution in [1.29, 1.82) is 0 Å². The Labute approximate surface area is 103 Å². The molecule has 0 radical (unpaired) electrons. The molecule has 1 aromatic carbocycles. The van der Waals surface area contributed by atoms with E-state index in [1.807, 2.05) is 26.0 Å². The maximum atomic E-state index is 5.53. The first-order valence-corrected chi connectivity index (χ1v) is 5.28. The van der Waals surface area contributed by atoms with Gasteiger partial charge in [0.2, 0.25) is 5.75 Å². The Morgan fingerprint density at radius 3 is 1.76 bits per heavy atom. The molecule has 0 atom stereocenters. The van der Waals surface area contributed by atoms with Crippen LogP contribution >= 0.6 is 0 Å². The van der Waals surface area contributed by atoms with E-state index in [4.69, 9.17) is 20.6 Å². The minimum absolute atomic E-state index is 0.382. The van der Waals surface area contributed by atoms with E-state index in [0.717, 1.165) is 5.56 Å². The molecule has 1 rings (SSSR count).